The van der Waals surface area contributed by atoms with Crippen molar-refractivity contribution < 1.29 is 14.3 Å². The van der Waals surface area contributed by atoms with Gasteiger partial charge in [-0.2, -0.15) is 0 Å². The van der Waals surface area contributed by atoms with Crippen molar-refractivity contribution in [1.29, 1.82) is 0 Å². The molecule has 0 aromatic carbocycles. The summed E-state index contributed by atoms with van der Waals surface area (Å²) < 4.78 is 4.75. The number of carbonyl (C=O) groups is 2. The Kier molecular flexibility index (Phi) is 4.58. The Morgan fingerprint density at radius 2 is 1.89 bits per heavy atom. The van der Waals surface area contributed by atoms with Gasteiger partial charge in [0.25, 0.3) is 0 Å². The second kappa shape index (κ2) is 6.18. The van der Waals surface area contributed by atoms with E-state index >= 15 is 0 Å². The minimum absolute atomic E-state index is 0.00609. The summed E-state index contributed by atoms with van der Waals surface area (Å²) in [4.78, 5) is 25.5. The van der Waals surface area contributed by atoms with Gasteiger partial charge in [-0.25, -0.2) is 0 Å². The Labute approximate surface area is 108 Å². The van der Waals surface area contributed by atoms with E-state index in [4.69, 9.17) is 4.74 Å². The molecule has 18 heavy (non-hydrogen) atoms. The van der Waals surface area contributed by atoms with Crippen molar-refractivity contribution in [2.75, 3.05) is 26.7 Å². The fourth-order valence-electron chi connectivity index (χ4n) is 2.79. The molecule has 2 fully saturated rings. The van der Waals surface area contributed by atoms with Crippen LogP contribution < -0.4 is 5.32 Å². The number of ether oxygens (including phenoxy) is 1. The van der Waals surface area contributed by atoms with E-state index in [1.165, 1.54) is 7.11 Å². The number of amides is 1. The molecule has 1 amide bonds. The van der Waals surface area contributed by atoms with Gasteiger partial charge in [0.2, 0.25) is 5.91 Å². The normalized spacial score (nSPS) is 25.8. The summed E-state index contributed by atoms with van der Waals surface area (Å²) in [7, 11) is 1.42. The molecule has 1 N–H and O–H groups in total. The molecule has 0 aromatic rings. The molecule has 0 radical (unpaired) electrons. The van der Waals surface area contributed by atoms with Gasteiger partial charge in [0.05, 0.1) is 19.1 Å². The first kappa shape index (κ1) is 13.3. The number of nitrogens with zero attached hydrogens (tertiary/aromatic N) is 1. The molecule has 0 spiro atoms. The first-order chi connectivity index (χ1) is 8.72. The van der Waals surface area contributed by atoms with Crippen molar-refractivity contribution in [3.8, 4) is 0 Å². The number of methoxy groups -OCH3 is 1. The largest absolute Gasteiger partial charge is 0.469 e. The highest BCUT2D eigenvalue weighted by Crippen LogP contribution is 2.20. The highest BCUT2D eigenvalue weighted by Gasteiger charge is 2.31. The third-order valence-electron chi connectivity index (χ3n) is 3.95. The van der Waals surface area contributed by atoms with Gasteiger partial charge in [-0.3, -0.25) is 9.59 Å². The van der Waals surface area contributed by atoms with Crippen LogP contribution in [0.4, 0.5) is 0 Å². The Morgan fingerprint density at radius 1 is 1.17 bits per heavy atom. The van der Waals surface area contributed by atoms with Crippen LogP contribution in [-0.2, 0) is 14.3 Å². The van der Waals surface area contributed by atoms with E-state index in [9.17, 15) is 9.59 Å². The smallest absolute Gasteiger partial charge is 0.308 e. The van der Waals surface area contributed by atoms with Crippen LogP contribution in [0.2, 0.25) is 0 Å². The summed E-state index contributed by atoms with van der Waals surface area (Å²) in [5.74, 6) is 0.0364. The van der Waals surface area contributed by atoms with E-state index in [0.717, 1.165) is 38.6 Å². The molecule has 1 atom stereocenters. The number of rotatable bonds is 2. The van der Waals surface area contributed by atoms with Crippen molar-refractivity contribution >= 4 is 11.9 Å². The highest BCUT2D eigenvalue weighted by molar-refractivity contribution is 5.82. The summed E-state index contributed by atoms with van der Waals surface area (Å²) in [6.07, 6.45) is 4.68. The van der Waals surface area contributed by atoms with E-state index in [1.54, 1.807) is 0 Å². The molecular weight excluding hydrogens is 232 g/mol. The molecule has 2 aliphatic heterocycles. The van der Waals surface area contributed by atoms with Crippen LogP contribution in [0.15, 0.2) is 0 Å². The maximum Gasteiger partial charge on any atom is 0.308 e. The van der Waals surface area contributed by atoms with Crippen molar-refractivity contribution in [2.45, 2.75) is 38.1 Å². The number of carbonyl (C=O) groups excluding carboxylic acids is 2. The molecule has 0 aliphatic carbocycles. The lowest BCUT2D eigenvalue weighted by molar-refractivity contribution is -0.149. The third-order valence-corrected chi connectivity index (χ3v) is 3.95. The monoisotopic (exact) mass is 254 g/mol. The number of likely N-dealkylation sites (tertiary alicyclic amines) is 1. The summed E-state index contributed by atoms with van der Waals surface area (Å²) in [5.41, 5.74) is 0. The first-order valence-electron chi connectivity index (χ1n) is 6.82. The Bertz CT molecular complexity index is 305. The number of esters is 1. The second-order valence-corrected chi connectivity index (χ2v) is 5.13. The van der Waals surface area contributed by atoms with E-state index in [-0.39, 0.29) is 23.8 Å². The average Bonchev–Trinajstić information content (AvgIpc) is 2.47. The SMILES string of the molecule is COC(=O)C1CCN(C(=O)[C@H]2CCCCN2)CC1. The lowest BCUT2D eigenvalue weighted by Gasteiger charge is -2.34. The van der Waals surface area contributed by atoms with Crippen molar-refractivity contribution in [3.05, 3.63) is 0 Å². The van der Waals surface area contributed by atoms with E-state index < -0.39 is 0 Å². The lowest BCUT2D eigenvalue weighted by atomic mass is 9.95. The van der Waals surface area contributed by atoms with Crippen LogP contribution in [-0.4, -0.2) is 49.6 Å². The van der Waals surface area contributed by atoms with Crippen LogP contribution in [0.25, 0.3) is 0 Å². The summed E-state index contributed by atoms with van der Waals surface area (Å²) in [5, 5.41) is 3.28. The Hall–Kier alpha value is -1.10. The van der Waals surface area contributed by atoms with Gasteiger partial charge < -0.3 is 15.0 Å². The van der Waals surface area contributed by atoms with Crippen LogP contribution in [0.5, 0.6) is 0 Å². The summed E-state index contributed by atoms with van der Waals surface area (Å²) in [6.45, 7) is 2.29. The lowest BCUT2D eigenvalue weighted by Crippen LogP contribution is -2.51. The standard InChI is InChI=1S/C13H22N2O3/c1-18-13(17)10-5-8-15(9-6-10)12(16)11-4-2-3-7-14-11/h10-11,14H,2-9H2,1H3/t11-/m1/s1. The summed E-state index contributed by atoms with van der Waals surface area (Å²) in [6, 6.07) is -0.00609. The van der Waals surface area contributed by atoms with Gasteiger partial charge in [0.1, 0.15) is 0 Å². The zero-order chi connectivity index (χ0) is 13.0. The highest BCUT2D eigenvalue weighted by atomic mass is 16.5. The molecule has 0 aromatic heterocycles. The van der Waals surface area contributed by atoms with Crippen molar-refractivity contribution in [1.82, 2.24) is 10.2 Å². The topological polar surface area (TPSA) is 58.6 Å². The predicted octanol–water partition coefficient (Wildman–Crippen LogP) is 0.540. The van der Waals surface area contributed by atoms with Gasteiger partial charge in [-0.15, -0.1) is 0 Å². The zero-order valence-corrected chi connectivity index (χ0v) is 11.0. The van der Waals surface area contributed by atoms with Crippen molar-refractivity contribution in [3.63, 3.8) is 0 Å². The molecule has 2 saturated heterocycles. The average molecular weight is 254 g/mol. The van der Waals surface area contributed by atoms with Crippen LogP contribution in [0, 0.1) is 5.92 Å². The molecule has 0 saturated carbocycles. The predicted molar refractivity (Wildman–Crippen MR) is 67.0 cm³/mol. The maximum atomic E-state index is 12.2. The molecule has 2 heterocycles. The van der Waals surface area contributed by atoms with Gasteiger partial charge in [0, 0.05) is 13.1 Å². The maximum absolute atomic E-state index is 12.2. The van der Waals surface area contributed by atoms with Gasteiger partial charge in [-0.1, -0.05) is 6.42 Å². The Balaban J connectivity index is 1.81. The third kappa shape index (κ3) is 3.02. The number of hydrogen-bond donors (Lipinski definition) is 1. The molecule has 102 valence electrons. The minimum atomic E-state index is -0.141. The number of nitrogens with one attached hydrogen (secondary N) is 1. The van der Waals surface area contributed by atoms with Gasteiger partial charge >= 0.3 is 5.97 Å². The Morgan fingerprint density at radius 3 is 2.44 bits per heavy atom. The molecule has 5 heteroatoms. The van der Waals surface area contributed by atoms with E-state index in [0.29, 0.717) is 13.1 Å². The quantitative estimate of drug-likeness (QED) is 0.731. The molecule has 2 rings (SSSR count). The van der Waals surface area contributed by atoms with Gasteiger partial charge in [0.15, 0.2) is 0 Å². The summed E-state index contributed by atoms with van der Waals surface area (Å²) >= 11 is 0. The number of hydrogen-bond acceptors (Lipinski definition) is 4. The molecular formula is C13H22N2O3. The van der Waals surface area contributed by atoms with E-state index in [1.807, 2.05) is 4.90 Å². The molecule has 0 bridgehead atoms. The second-order valence-electron chi connectivity index (χ2n) is 5.13. The molecule has 2 aliphatic rings. The van der Waals surface area contributed by atoms with Gasteiger partial charge in [-0.05, 0) is 32.2 Å². The zero-order valence-electron chi connectivity index (χ0n) is 11.0. The fourth-order valence-corrected chi connectivity index (χ4v) is 2.79. The van der Waals surface area contributed by atoms with E-state index in [2.05, 4.69) is 5.32 Å². The minimum Gasteiger partial charge on any atom is -0.469 e. The first-order valence-corrected chi connectivity index (χ1v) is 6.82. The van der Waals surface area contributed by atoms with Crippen LogP contribution >= 0.6 is 0 Å². The molecule has 5 nitrogen and oxygen atoms in total. The van der Waals surface area contributed by atoms with Crippen LogP contribution in [0.3, 0.4) is 0 Å². The van der Waals surface area contributed by atoms with Crippen LogP contribution in [0.1, 0.15) is 32.1 Å². The van der Waals surface area contributed by atoms with Crippen molar-refractivity contribution in [2.24, 2.45) is 5.92 Å². The fraction of sp³-hybridized carbons (Fsp3) is 0.846. The number of piperidine rings is 2. The molecule has 0 unspecified atom stereocenters.